The fourth-order valence-corrected chi connectivity index (χ4v) is 2.57. The summed E-state index contributed by atoms with van der Waals surface area (Å²) in [5, 5.41) is 0. The second-order valence-electron chi connectivity index (χ2n) is 5.92. The Bertz CT molecular complexity index is 535. The third kappa shape index (κ3) is 5.19. The minimum Gasteiger partial charge on any atom is -0.486 e. The molecule has 2 aromatic carbocycles. The Kier molecular flexibility index (Phi) is 6.47. The first-order chi connectivity index (χ1) is 10.7. The summed E-state index contributed by atoms with van der Waals surface area (Å²) in [7, 11) is 2.18. The van der Waals surface area contributed by atoms with Crippen molar-refractivity contribution < 1.29 is 4.74 Å². The van der Waals surface area contributed by atoms with Crippen molar-refractivity contribution in [2.75, 3.05) is 20.1 Å². The Morgan fingerprint density at radius 3 is 2.27 bits per heavy atom. The van der Waals surface area contributed by atoms with Gasteiger partial charge in [-0.1, -0.05) is 55.0 Å². The number of hydrogen-bond acceptors (Lipinski definition) is 2. The number of nitrogens with zero attached hydrogens (tertiary/aromatic N) is 1. The molecule has 0 saturated carbocycles. The van der Waals surface area contributed by atoms with Crippen LogP contribution in [0.5, 0.6) is 5.75 Å². The molecule has 118 valence electrons. The molecule has 22 heavy (non-hydrogen) atoms. The van der Waals surface area contributed by atoms with Crippen LogP contribution in [0.25, 0.3) is 0 Å². The minimum atomic E-state index is 0.100. The summed E-state index contributed by atoms with van der Waals surface area (Å²) >= 11 is 0. The van der Waals surface area contributed by atoms with E-state index >= 15 is 0 Å². The largest absolute Gasteiger partial charge is 0.486 e. The predicted molar refractivity (Wildman–Crippen MR) is 93.4 cm³/mol. The molecule has 0 aliphatic heterocycles. The highest BCUT2D eigenvalue weighted by molar-refractivity contribution is 5.28. The van der Waals surface area contributed by atoms with Gasteiger partial charge >= 0.3 is 0 Å². The van der Waals surface area contributed by atoms with E-state index in [1.165, 1.54) is 17.5 Å². The average Bonchev–Trinajstić information content (AvgIpc) is 2.54. The first-order valence-corrected chi connectivity index (χ1v) is 8.16. The highest BCUT2D eigenvalue weighted by Crippen LogP contribution is 2.25. The van der Waals surface area contributed by atoms with Crippen LogP contribution in [-0.2, 0) is 0 Å². The van der Waals surface area contributed by atoms with Crippen LogP contribution in [0.3, 0.4) is 0 Å². The summed E-state index contributed by atoms with van der Waals surface area (Å²) in [6.45, 7) is 6.48. The smallest absolute Gasteiger partial charge is 0.125 e. The van der Waals surface area contributed by atoms with E-state index in [-0.39, 0.29) is 6.10 Å². The van der Waals surface area contributed by atoms with Crippen LogP contribution in [0.4, 0.5) is 0 Å². The monoisotopic (exact) mass is 297 g/mol. The van der Waals surface area contributed by atoms with Crippen LogP contribution in [0.15, 0.2) is 54.6 Å². The molecule has 0 aliphatic rings. The van der Waals surface area contributed by atoms with Crippen molar-refractivity contribution in [1.82, 2.24) is 4.90 Å². The molecule has 2 heteroatoms. The summed E-state index contributed by atoms with van der Waals surface area (Å²) in [6.07, 6.45) is 2.28. The Morgan fingerprint density at radius 1 is 0.955 bits per heavy atom. The van der Waals surface area contributed by atoms with Crippen molar-refractivity contribution in [2.45, 2.75) is 32.8 Å². The van der Waals surface area contributed by atoms with E-state index in [4.69, 9.17) is 4.74 Å². The molecular weight excluding hydrogens is 270 g/mol. The molecule has 0 fully saturated rings. The first kappa shape index (κ1) is 16.6. The van der Waals surface area contributed by atoms with Gasteiger partial charge in [0, 0.05) is 13.0 Å². The summed E-state index contributed by atoms with van der Waals surface area (Å²) < 4.78 is 6.26. The molecule has 2 nitrogen and oxygen atoms in total. The fourth-order valence-electron chi connectivity index (χ4n) is 2.57. The maximum absolute atomic E-state index is 6.26. The molecular formula is C20H27NO. The van der Waals surface area contributed by atoms with E-state index in [0.717, 1.165) is 25.3 Å². The molecule has 0 amide bonds. The summed E-state index contributed by atoms with van der Waals surface area (Å²) in [5.41, 5.74) is 2.50. The van der Waals surface area contributed by atoms with Crippen molar-refractivity contribution in [2.24, 2.45) is 0 Å². The van der Waals surface area contributed by atoms with Crippen molar-refractivity contribution in [3.63, 3.8) is 0 Å². The highest BCUT2D eigenvalue weighted by atomic mass is 16.5. The van der Waals surface area contributed by atoms with Gasteiger partial charge in [-0.05, 0) is 44.6 Å². The maximum Gasteiger partial charge on any atom is 0.125 e. The lowest BCUT2D eigenvalue weighted by molar-refractivity contribution is 0.173. The summed E-state index contributed by atoms with van der Waals surface area (Å²) in [5.74, 6) is 0.942. The van der Waals surface area contributed by atoms with E-state index in [9.17, 15) is 0 Å². The van der Waals surface area contributed by atoms with Crippen molar-refractivity contribution in [3.05, 3.63) is 65.7 Å². The third-order valence-electron chi connectivity index (χ3n) is 3.85. The quantitative estimate of drug-likeness (QED) is 0.691. The van der Waals surface area contributed by atoms with Gasteiger partial charge in [0.15, 0.2) is 0 Å². The zero-order valence-electron chi connectivity index (χ0n) is 14.0. The van der Waals surface area contributed by atoms with Gasteiger partial charge in [0.25, 0.3) is 0 Å². The van der Waals surface area contributed by atoms with Crippen molar-refractivity contribution >= 4 is 0 Å². The molecule has 0 spiro atoms. The number of aryl methyl sites for hydroxylation is 1. The molecule has 0 aromatic heterocycles. The van der Waals surface area contributed by atoms with Crippen LogP contribution in [0.2, 0.25) is 0 Å². The molecule has 2 rings (SSSR count). The Labute approximate surface area is 134 Å². The van der Waals surface area contributed by atoms with Gasteiger partial charge in [-0.15, -0.1) is 0 Å². The number of rotatable bonds is 8. The van der Waals surface area contributed by atoms with Gasteiger partial charge in [0.2, 0.25) is 0 Å². The van der Waals surface area contributed by atoms with Gasteiger partial charge in [0.05, 0.1) is 0 Å². The second-order valence-corrected chi connectivity index (χ2v) is 5.92. The van der Waals surface area contributed by atoms with Gasteiger partial charge < -0.3 is 9.64 Å². The Hall–Kier alpha value is -1.80. The SMILES string of the molecule is CCCN(C)CCC(Oc1ccc(C)cc1)c1ccccc1. The molecule has 0 saturated heterocycles. The highest BCUT2D eigenvalue weighted by Gasteiger charge is 2.14. The summed E-state index contributed by atoms with van der Waals surface area (Å²) in [6, 6.07) is 18.8. The lowest BCUT2D eigenvalue weighted by Gasteiger charge is -2.23. The molecule has 0 N–H and O–H groups in total. The van der Waals surface area contributed by atoms with Crippen molar-refractivity contribution in [1.29, 1.82) is 0 Å². The first-order valence-electron chi connectivity index (χ1n) is 8.16. The molecule has 1 atom stereocenters. The second kappa shape index (κ2) is 8.60. The van der Waals surface area contributed by atoms with E-state index in [1.807, 2.05) is 0 Å². The van der Waals surface area contributed by atoms with Gasteiger partial charge in [-0.2, -0.15) is 0 Å². The van der Waals surface area contributed by atoms with Gasteiger partial charge in [-0.3, -0.25) is 0 Å². The van der Waals surface area contributed by atoms with E-state index in [1.54, 1.807) is 0 Å². The third-order valence-corrected chi connectivity index (χ3v) is 3.85. The van der Waals surface area contributed by atoms with Crippen LogP contribution < -0.4 is 4.74 Å². The minimum absolute atomic E-state index is 0.100. The molecule has 0 heterocycles. The van der Waals surface area contributed by atoms with E-state index in [0.29, 0.717) is 0 Å². The number of hydrogen-bond donors (Lipinski definition) is 0. The van der Waals surface area contributed by atoms with Crippen LogP contribution in [-0.4, -0.2) is 25.0 Å². The van der Waals surface area contributed by atoms with E-state index < -0.39 is 0 Å². The topological polar surface area (TPSA) is 12.5 Å². The van der Waals surface area contributed by atoms with Crippen LogP contribution >= 0.6 is 0 Å². The van der Waals surface area contributed by atoms with Crippen LogP contribution in [0, 0.1) is 6.92 Å². The number of benzene rings is 2. The van der Waals surface area contributed by atoms with Crippen LogP contribution in [0.1, 0.15) is 37.0 Å². The van der Waals surface area contributed by atoms with E-state index in [2.05, 4.69) is 80.4 Å². The molecule has 2 aromatic rings. The lowest BCUT2D eigenvalue weighted by Crippen LogP contribution is -2.23. The fraction of sp³-hybridized carbons (Fsp3) is 0.400. The molecule has 0 bridgehead atoms. The average molecular weight is 297 g/mol. The van der Waals surface area contributed by atoms with Gasteiger partial charge in [-0.25, -0.2) is 0 Å². The predicted octanol–water partition coefficient (Wildman–Crippen LogP) is 4.85. The zero-order chi connectivity index (χ0) is 15.8. The Morgan fingerprint density at radius 2 is 1.64 bits per heavy atom. The zero-order valence-corrected chi connectivity index (χ0v) is 14.0. The molecule has 1 unspecified atom stereocenters. The summed E-state index contributed by atoms with van der Waals surface area (Å²) in [4.78, 5) is 2.37. The van der Waals surface area contributed by atoms with Gasteiger partial charge in [0.1, 0.15) is 11.9 Å². The molecule has 0 aliphatic carbocycles. The lowest BCUT2D eigenvalue weighted by atomic mass is 10.1. The normalized spacial score (nSPS) is 12.4. The maximum atomic E-state index is 6.26. The van der Waals surface area contributed by atoms with Crippen molar-refractivity contribution in [3.8, 4) is 5.75 Å². The number of ether oxygens (including phenoxy) is 1. The standard InChI is InChI=1S/C20H27NO/c1-4-15-21(3)16-14-20(18-8-6-5-7-9-18)22-19-12-10-17(2)11-13-19/h5-13,20H,4,14-16H2,1-3H3. The Balaban J connectivity index is 2.06. The molecule has 0 radical (unpaired) electrons.